The molecule has 0 aromatic heterocycles. The van der Waals surface area contributed by atoms with Gasteiger partial charge in [-0.05, 0) is 48.6 Å². The van der Waals surface area contributed by atoms with Crippen LogP contribution in [0.1, 0.15) is 48.0 Å². The first kappa shape index (κ1) is 18.2. The summed E-state index contributed by atoms with van der Waals surface area (Å²) in [6.45, 7) is 5.21. The second-order valence-corrected chi connectivity index (χ2v) is 6.94. The number of hydrogen-bond acceptors (Lipinski definition) is 3. The van der Waals surface area contributed by atoms with Crippen molar-refractivity contribution in [1.29, 1.82) is 0 Å². The highest BCUT2D eigenvalue weighted by Crippen LogP contribution is 2.34. The van der Waals surface area contributed by atoms with E-state index in [1.807, 2.05) is 30.3 Å². The first-order valence-electron chi connectivity index (χ1n) is 9.37. The van der Waals surface area contributed by atoms with Crippen LogP contribution in [-0.4, -0.2) is 13.1 Å². The first-order chi connectivity index (χ1) is 12.7. The van der Waals surface area contributed by atoms with E-state index in [0.29, 0.717) is 11.5 Å². The average Bonchev–Trinajstić information content (AvgIpc) is 2.72. The molecule has 0 saturated heterocycles. The third-order valence-electron chi connectivity index (χ3n) is 5.21. The Kier molecular flexibility index (Phi) is 6.11. The topological polar surface area (TPSA) is 29.5 Å². The van der Waals surface area contributed by atoms with Crippen molar-refractivity contribution in [3.8, 4) is 0 Å². The van der Waals surface area contributed by atoms with Gasteiger partial charge in [0.05, 0.1) is 12.7 Å². The number of carbonyl (C=O) groups excluding carboxylic acids is 1. The summed E-state index contributed by atoms with van der Waals surface area (Å²) in [6, 6.07) is 18.1. The zero-order valence-electron chi connectivity index (χ0n) is 15.5. The molecule has 3 nitrogen and oxygen atoms in total. The number of anilines is 1. The van der Waals surface area contributed by atoms with Crippen molar-refractivity contribution in [1.82, 2.24) is 0 Å². The molecule has 0 N–H and O–H groups in total. The van der Waals surface area contributed by atoms with Gasteiger partial charge in [0.25, 0.3) is 0 Å². The molecule has 0 aliphatic heterocycles. The summed E-state index contributed by atoms with van der Waals surface area (Å²) >= 11 is 0. The lowest BCUT2D eigenvalue weighted by Gasteiger charge is -2.34. The molecule has 1 aliphatic carbocycles. The van der Waals surface area contributed by atoms with Gasteiger partial charge in [-0.3, -0.25) is 0 Å². The first-order valence-corrected chi connectivity index (χ1v) is 9.37. The van der Waals surface area contributed by atoms with Crippen molar-refractivity contribution in [3.63, 3.8) is 0 Å². The zero-order valence-corrected chi connectivity index (χ0v) is 15.5. The van der Waals surface area contributed by atoms with Crippen molar-refractivity contribution in [2.75, 3.05) is 12.0 Å². The smallest absolute Gasteiger partial charge is 0.337 e. The average molecular weight is 349 g/mol. The minimum absolute atomic E-state index is 0.303. The van der Waals surface area contributed by atoms with Gasteiger partial charge in [0.2, 0.25) is 0 Å². The Morgan fingerprint density at radius 3 is 2.31 bits per heavy atom. The number of nitrogens with zero attached hydrogens (tertiary/aromatic N) is 1. The number of methoxy groups -OCH3 is 1. The maximum atomic E-state index is 11.6. The van der Waals surface area contributed by atoms with E-state index in [4.69, 9.17) is 4.74 Å². The van der Waals surface area contributed by atoms with Crippen molar-refractivity contribution >= 4 is 11.7 Å². The maximum absolute atomic E-state index is 11.6. The van der Waals surface area contributed by atoms with E-state index in [2.05, 4.69) is 35.7 Å². The second kappa shape index (κ2) is 8.70. The fourth-order valence-electron chi connectivity index (χ4n) is 3.67. The molecule has 3 rings (SSSR count). The third-order valence-corrected chi connectivity index (χ3v) is 5.21. The molecule has 3 heteroatoms. The van der Waals surface area contributed by atoms with Crippen LogP contribution in [0.15, 0.2) is 66.9 Å². The number of ether oxygens (including phenoxy) is 1. The second-order valence-electron chi connectivity index (χ2n) is 6.94. The number of allylic oxidation sites excluding steroid dienone is 1. The number of para-hydroxylation sites is 1. The van der Waals surface area contributed by atoms with Gasteiger partial charge in [0.15, 0.2) is 0 Å². The van der Waals surface area contributed by atoms with Gasteiger partial charge in [-0.25, -0.2) is 4.79 Å². The van der Waals surface area contributed by atoms with Crippen LogP contribution >= 0.6 is 0 Å². The van der Waals surface area contributed by atoms with E-state index in [1.54, 1.807) is 0 Å². The van der Waals surface area contributed by atoms with Crippen LogP contribution in [0.5, 0.6) is 0 Å². The molecule has 2 aromatic carbocycles. The number of hydrogen-bond donors (Lipinski definition) is 0. The van der Waals surface area contributed by atoms with Crippen molar-refractivity contribution < 1.29 is 9.53 Å². The Bertz CT molecular complexity index is 731. The van der Waals surface area contributed by atoms with Gasteiger partial charge in [-0.2, -0.15) is 0 Å². The Labute approximate surface area is 156 Å². The highest BCUT2D eigenvalue weighted by molar-refractivity contribution is 5.89. The molecule has 1 aliphatic rings. The standard InChI is InChI=1S/C23H27NO2/c1-18(20-9-5-3-6-10-20)24(22-11-7-4-8-12-22)17-19-13-15-21(16-14-19)23(25)26-2/h4,7-8,11-16,20H,1,3,5-6,9-10,17H2,2H3. The summed E-state index contributed by atoms with van der Waals surface area (Å²) in [5.74, 6) is 0.251. The molecule has 2 aromatic rings. The molecule has 0 amide bonds. The van der Waals surface area contributed by atoms with Gasteiger partial charge in [0, 0.05) is 17.9 Å². The van der Waals surface area contributed by atoms with Crippen LogP contribution in [0.4, 0.5) is 5.69 Å². The van der Waals surface area contributed by atoms with E-state index in [-0.39, 0.29) is 5.97 Å². The Balaban J connectivity index is 1.81. The molecule has 0 spiro atoms. The van der Waals surface area contributed by atoms with E-state index in [1.165, 1.54) is 50.6 Å². The lowest BCUT2D eigenvalue weighted by molar-refractivity contribution is 0.0600. The van der Waals surface area contributed by atoms with E-state index in [9.17, 15) is 4.79 Å². The highest BCUT2D eigenvalue weighted by Gasteiger charge is 2.22. The van der Waals surface area contributed by atoms with Crippen LogP contribution in [0.3, 0.4) is 0 Å². The Morgan fingerprint density at radius 2 is 1.69 bits per heavy atom. The molecule has 1 saturated carbocycles. The molecule has 0 heterocycles. The largest absolute Gasteiger partial charge is 0.465 e. The van der Waals surface area contributed by atoms with Gasteiger partial charge >= 0.3 is 5.97 Å². The SMILES string of the molecule is C=C(C1CCCCC1)N(Cc1ccc(C(=O)OC)cc1)c1ccccc1. The summed E-state index contributed by atoms with van der Waals surface area (Å²) < 4.78 is 4.78. The molecule has 0 unspecified atom stereocenters. The highest BCUT2D eigenvalue weighted by atomic mass is 16.5. The van der Waals surface area contributed by atoms with Gasteiger partial charge in [0.1, 0.15) is 0 Å². The molecule has 26 heavy (non-hydrogen) atoms. The van der Waals surface area contributed by atoms with Crippen molar-refractivity contribution in [2.24, 2.45) is 5.92 Å². The van der Waals surface area contributed by atoms with E-state index >= 15 is 0 Å². The molecular formula is C23H27NO2. The maximum Gasteiger partial charge on any atom is 0.337 e. The molecule has 1 fully saturated rings. The van der Waals surface area contributed by atoms with E-state index in [0.717, 1.165) is 12.1 Å². The van der Waals surface area contributed by atoms with Crippen LogP contribution in [0.2, 0.25) is 0 Å². The van der Waals surface area contributed by atoms with Crippen LogP contribution in [0, 0.1) is 5.92 Å². The van der Waals surface area contributed by atoms with Gasteiger partial charge in [-0.15, -0.1) is 0 Å². The number of benzene rings is 2. The number of esters is 1. The van der Waals surface area contributed by atoms with Gasteiger partial charge in [-0.1, -0.05) is 56.2 Å². The monoisotopic (exact) mass is 349 g/mol. The summed E-state index contributed by atoms with van der Waals surface area (Å²) in [6.07, 6.45) is 6.37. The molecule has 136 valence electrons. The quantitative estimate of drug-likeness (QED) is 0.638. The molecule has 0 bridgehead atoms. The lowest BCUT2D eigenvalue weighted by Crippen LogP contribution is -2.27. The minimum Gasteiger partial charge on any atom is -0.465 e. The predicted octanol–water partition coefficient (Wildman–Crippen LogP) is 5.57. The zero-order chi connectivity index (χ0) is 18.4. The summed E-state index contributed by atoms with van der Waals surface area (Å²) in [5, 5.41) is 0. The summed E-state index contributed by atoms with van der Waals surface area (Å²) in [4.78, 5) is 14.0. The number of carbonyl (C=O) groups is 1. The van der Waals surface area contributed by atoms with Crippen LogP contribution in [-0.2, 0) is 11.3 Å². The molecule has 0 atom stereocenters. The van der Waals surface area contributed by atoms with Gasteiger partial charge < -0.3 is 9.64 Å². The van der Waals surface area contributed by atoms with Crippen molar-refractivity contribution in [3.05, 3.63) is 78.0 Å². The van der Waals surface area contributed by atoms with Crippen LogP contribution in [0.25, 0.3) is 0 Å². The van der Waals surface area contributed by atoms with Crippen LogP contribution < -0.4 is 4.90 Å². The molecular weight excluding hydrogens is 322 g/mol. The third kappa shape index (κ3) is 4.34. The number of rotatable bonds is 6. The lowest BCUT2D eigenvalue weighted by atomic mass is 9.86. The Morgan fingerprint density at radius 1 is 1.04 bits per heavy atom. The summed E-state index contributed by atoms with van der Waals surface area (Å²) in [5.41, 5.74) is 4.10. The fraction of sp³-hybridized carbons (Fsp3) is 0.348. The normalized spacial score (nSPS) is 14.7. The predicted molar refractivity (Wildman–Crippen MR) is 106 cm³/mol. The summed E-state index contributed by atoms with van der Waals surface area (Å²) in [7, 11) is 1.40. The van der Waals surface area contributed by atoms with Crippen molar-refractivity contribution in [2.45, 2.75) is 38.6 Å². The Hall–Kier alpha value is -2.55. The fourth-order valence-corrected chi connectivity index (χ4v) is 3.67. The molecule has 0 radical (unpaired) electrons. The minimum atomic E-state index is -0.303. The van der Waals surface area contributed by atoms with E-state index < -0.39 is 0 Å².